The maximum absolute atomic E-state index is 14.1. The predicted octanol–water partition coefficient (Wildman–Crippen LogP) is 6.15. The highest BCUT2D eigenvalue weighted by Gasteiger charge is 2.31. The van der Waals surface area contributed by atoms with Crippen molar-refractivity contribution in [3.05, 3.63) is 107 Å². The van der Waals surface area contributed by atoms with Crippen LogP contribution in [0.5, 0.6) is 0 Å². The number of halogens is 1. The van der Waals surface area contributed by atoms with Gasteiger partial charge in [-0.15, -0.1) is 11.8 Å². The van der Waals surface area contributed by atoms with Gasteiger partial charge in [0.2, 0.25) is 11.8 Å². The molecule has 3 aromatic rings. The molecule has 194 valence electrons. The fourth-order valence-corrected chi connectivity index (χ4v) is 5.72. The van der Waals surface area contributed by atoms with E-state index in [1.165, 1.54) is 24.2 Å². The van der Waals surface area contributed by atoms with E-state index >= 15 is 0 Å². The summed E-state index contributed by atoms with van der Waals surface area (Å²) in [5.41, 5.74) is 2.56. The quantitative estimate of drug-likeness (QED) is 0.331. The van der Waals surface area contributed by atoms with Gasteiger partial charge in [-0.25, -0.2) is 4.39 Å². The summed E-state index contributed by atoms with van der Waals surface area (Å²) < 4.78 is 14.1. The number of amides is 2. The molecule has 1 unspecified atom stereocenters. The molecule has 1 N–H and O–H groups in total. The second kappa shape index (κ2) is 14.0. The molecular formula is C31H35FN2O2S. The van der Waals surface area contributed by atoms with Gasteiger partial charge in [0.1, 0.15) is 11.9 Å². The Labute approximate surface area is 223 Å². The lowest BCUT2D eigenvalue weighted by Crippen LogP contribution is -2.53. The second-order valence-electron chi connectivity index (χ2n) is 9.64. The molecule has 0 aromatic heterocycles. The SMILES string of the molecule is O=C(NC1CCCCC1)C(Cc1ccccc1)N(Cc1ccccc1)C(=O)CSCc1ccccc1F. The highest BCUT2D eigenvalue weighted by molar-refractivity contribution is 7.99. The van der Waals surface area contributed by atoms with Crippen molar-refractivity contribution in [2.45, 2.75) is 62.9 Å². The van der Waals surface area contributed by atoms with E-state index < -0.39 is 6.04 Å². The Morgan fingerprint density at radius 3 is 2.16 bits per heavy atom. The van der Waals surface area contributed by atoms with E-state index in [1.807, 2.05) is 60.7 Å². The fourth-order valence-electron chi connectivity index (χ4n) is 4.83. The molecule has 6 heteroatoms. The number of nitrogens with one attached hydrogen (secondary N) is 1. The lowest BCUT2D eigenvalue weighted by molar-refractivity contribution is -0.139. The van der Waals surface area contributed by atoms with E-state index in [2.05, 4.69) is 5.32 Å². The maximum Gasteiger partial charge on any atom is 0.243 e. The van der Waals surface area contributed by atoms with Gasteiger partial charge < -0.3 is 10.2 Å². The third kappa shape index (κ3) is 8.19. The predicted molar refractivity (Wildman–Crippen MR) is 149 cm³/mol. The smallest absolute Gasteiger partial charge is 0.243 e. The molecule has 2 amide bonds. The second-order valence-corrected chi connectivity index (χ2v) is 10.6. The number of rotatable bonds is 11. The summed E-state index contributed by atoms with van der Waals surface area (Å²) >= 11 is 1.38. The zero-order chi connectivity index (χ0) is 25.9. The van der Waals surface area contributed by atoms with Crippen LogP contribution in [0.25, 0.3) is 0 Å². The van der Waals surface area contributed by atoms with E-state index in [0.717, 1.165) is 36.8 Å². The summed E-state index contributed by atoms with van der Waals surface area (Å²) in [6.07, 6.45) is 5.85. The van der Waals surface area contributed by atoms with Crippen molar-refractivity contribution in [1.82, 2.24) is 10.2 Å². The van der Waals surface area contributed by atoms with E-state index in [4.69, 9.17) is 0 Å². The summed E-state index contributed by atoms with van der Waals surface area (Å²) in [7, 11) is 0. The number of carbonyl (C=O) groups excluding carboxylic acids is 2. The molecule has 1 aliphatic rings. The van der Waals surface area contributed by atoms with E-state index in [9.17, 15) is 14.0 Å². The van der Waals surface area contributed by atoms with Crippen LogP contribution in [0.3, 0.4) is 0 Å². The lowest BCUT2D eigenvalue weighted by Gasteiger charge is -2.33. The van der Waals surface area contributed by atoms with Gasteiger partial charge in [0.15, 0.2) is 0 Å². The van der Waals surface area contributed by atoms with Gasteiger partial charge in [0.05, 0.1) is 5.75 Å². The number of carbonyl (C=O) groups is 2. The normalized spacial score (nSPS) is 14.6. The van der Waals surface area contributed by atoms with Crippen LogP contribution in [0.2, 0.25) is 0 Å². The van der Waals surface area contributed by atoms with Gasteiger partial charge in [-0.3, -0.25) is 9.59 Å². The van der Waals surface area contributed by atoms with Crippen LogP contribution in [-0.4, -0.2) is 34.6 Å². The first kappa shape index (κ1) is 26.9. The Morgan fingerprint density at radius 1 is 0.865 bits per heavy atom. The molecule has 1 atom stereocenters. The summed E-state index contributed by atoms with van der Waals surface area (Å²) in [6, 6.07) is 25.8. The number of hydrogen-bond acceptors (Lipinski definition) is 3. The van der Waals surface area contributed by atoms with Crippen molar-refractivity contribution < 1.29 is 14.0 Å². The molecule has 4 rings (SSSR count). The Balaban J connectivity index is 1.55. The third-order valence-electron chi connectivity index (χ3n) is 6.86. The van der Waals surface area contributed by atoms with Crippen LogP contribution in [0.15, 0.2) is 84.9 Å². The minimum Gasteiger partial charge on any atom is -0.352 e. The Kier molecular flexibility index (Phi) is 10.2. The van der Waals surface area contributed by atoms with Gasteiger partial charge in [-0.2, -0.15) is 0 Å². The summed E-state index contributed by atoms with van der Waals surface area (Å²) in [5, 5.41) is 3.26. The monoisotopic (exact) mass is 518 g/mol. The van der Waals surface area contributed by atoms with Crippen LogP contribution >= 0.6 is 11.8 Å². The molecule has 0 spiro atoms. The molecule has 4 nitrogen and oxygen atoms in total. The first-order valence-electron chi connectivity index (χ1n) is 13.1. The third-order valence-corrected chi connectivity index (χ3v) is 7.83. The summed E-state index contributed by atoms with van der Waals surface area (Å²) in [5.74, 6) is 0.0831. The summed E-state index contributed by atoms with van der Waals surface area (Å²) in [4.78, 5) is 29.1. The molecule has 0 saturated heterocycles. The van der Waals surface area contributed by atoms with Crippen LogP contribution < -0.4 is 5.32 Å². The Hall–Kier alpha value is -3.12. The first-order chi connectivity index (χ1) is 18.1. The van der Waals surface area contributed by atoms with Crippen LogP contribution in [-0.2, 0) is 28.3 Å². The molecule has 37 heavy (non-hydrogen) atoms. The number of hydrogen-bond donors (Lipinski definition) is 1. The van der Waals surface area contributed by atoms with Crippen LogP contribution in [0, 0.1) is 5.82 Å². The van der Waals surface area contributed by atoms with Gasteiger partial charge in [0.25, 0.3) is 0 Å². The molecule has 1 aliphatic carbocycles. The van der Waals surface area contributed by atoms with Crippen molar-refractivity contribution in [2.24, 2.45) is 0 Å². The highest BCUT2D eigenvalue weighted by Crippen LogP contribution is 2.21. The summed E-state index contributed by atoms with van der Waals surface area (Å²) in [6.45, 7) is 0.343. The minimum absolute atomic E-state index is 0.0980. The molecule has 1 fully saturated rings. The van der Waals surface area contributed by atoms with Crippen molar-refractivity contribution in [2.75, 3.05) is 5.75 Å². The average molecular weight is 519 g/mol. The van der Waals surface area contributed by atoms with Crippen molar-refractivity contribution in [1.29, 1.82) is 0 Å². The van der Waals surface area contributed by atoms with Gasteiger partial charge in [0, 0.05) is 24.8 Å². The van der Waals surface area contributed by atoms with Crippen molar-refractivity contribution in [3.8, 4) is 0 Å². The zero-order valence-electron chi connectivity index (χ0n) is 21.2. The number of thioether (sulfide) groups is 1. The zero-order valence-corrected chi connectivity index (χ0v) is 22.0. The van der Waals surface area contributed by atoms with E-state index in [-0.39, 0.29) is 29.4 Å². The maximum atomic E-state index is 14.1. The number of nitrogens with zero attached hydrogens (tertiary/aromatic N) is 1. The highest BCUT2D eigenvalue weighted by atomic mass is 32.2. The minimum atomic E-state index is -0.633. The standard InChI is InChI=1S/C31H35FN2O2S/c32-28-19-11-10-16-26(28)22-37-23-30(35)34(21-25-14-6-2-7-15-25)29(20-24-12-4-1-5-13-24)31(36)33-27-17-8-3-9-18-27/h1-2,4-7,10-16,19,27,29H,3,8-9,17-18,20-23H2,(H,33,36). The molecule has 0 heterocycles. The van der Waals surface area contributed by atoms with Crippen molar-refractivity contribution in [3.63, 3.8) is 0 Å². The molecule has 0 radical (unpaired) electrons. The molecular weight excluding hydrogens is 483 g/mol. The van der Waals surface area contributed by atoms with Crippen LogP contribution in [0.1, 0.15) is 48.8 Å². The molecule has 0 aliphatic heterocycles. The fraction of sp³-hybridized carbons (Fsp3) is 0.355. The molecule has 1 saturated carbocycles. The van der Waals surface area contributed by atoms with Crippen molar-refractivity contribution >= 4 is 23.6 Å². The average Bonchev–Trinajstić information content (AvgIpc) is 2.93. The van der Waals surface area contributed by atoms with Gasteiger partial charge >= 0.3 is 0 Å². The van der Waals surface area contributed by atoms with Crippen LogP contribution in [0.4, 0.5) is 4.39 Å². The Morgan fingerprint density at radius 2 is 1.49 bits per heavy atom. The van der Waals surface area contributed by atoms with E-state index in [0.29, 0.717) is 24.3 Å². The topological polar surface area (TPSA) is 49.4 Å². The lowest BCUT2D eigenvalue weighted by atomic mass is 9.94. The van der Waals surface area contributed by atoms with E-state index in [1.54, 1.807) is 23.1 Å². The van der Waals surface area contributed by atoms with Gasteiger partial charge in [-0.05, 0) is 35.6 Å². The Bertz CT molecular complexity index is 1140. The number of benzene rings is 3. The van der Waals surface area contributed by atoms with Gasteiger partial charge in [-0.1, -0.05) is 98.1 Å². The first-order valence-corrected chi connectivity index (χ1v) is 14.2. The molecule has 3 aromatic carbocycles. The molecule has 0 bridgehead atoms. The largest absolute Gasteiger partial charge is 0.352 e.